The van der Waals surface area contributed by atoms with Crippen molar-refractivity contribution in [3.8, 4) is 0 Å². The maximum absolute atomic E-state index is 12.6. The molecule has 0 spiro atoms. The summed E-state index contributed by atoms with van der Waals surface area (Å²) < 4.78 is 16.3. The molecule has 0 radical (unpaired) electrons. The molecule has 0 aliphatic carbocycles. The van der Waals surface area contributed by atoms with Crippen molar-refractivity contribution in [3.05, 3.63) is 47.3 Å². The third-order valence-corrected chi connectivity index (χ3v) is 4.80. The zero-order valence-corrected chi connectivity index (χ0v) is 15.4. The van der Waals surface area contributed by atoms with E-state index in [1.54, 1.807) is 10.6 Å². The van der Waals surface area contributed by atoms with Gasteiger partial charge >= 0.3 is 17.9 Å². The third-order valence-electron chi connectivity index (χ3n) is 4.80. The molecule has 8 heteroatoms. The quantitative estimate of drug-likeness (QED) is 0.508. The lowest BCUT2D eigenvalue weighted by Crippen LogP contribution is -2.29. The number of esters is 3. The second-order valence-corrected chi connectivity index (χ2v) is 6.18. The molecule has 0 N–H and O–H groups in total. The summed E-state index contributed by atoms with van der Waals surface area (Å²) in [6, 6.07) is 7.96. The molecular formula is C20H16N2O6. The van der Waals surface area contributed by atoms with E-state index >= 15 is 0 Å². The number of carbonyl (C=O) groups excluding carboxylic acids is 3. The summed E-state index contributed by atoms with van der Waals surface area (Å²) in [5.74, 6) is -1.89. The van der Waals surface area contributed by atoms with Gasteiger partial charge in [-0.15, -0.1) is 0 Å². The minimum Gasteiger partial charge on any atom is -0.467 e. The van der Waals surface area contributed by atoms with E-state index in [1.165, 1.54) is 27.4 Å². The Labute approximate surface area is 159 Å². The first kappa shape index (κ1) is 17.7. The average molecular weight is 380 g/mol. The van der Waals surface area contributed by atoms with Crippen molar-refractivity contribution in [1.82, 2.24) is 9.55 Å². The number of hydrogen-bond donors (Lipinski definition) is 0. The molecule has 4 rings (SSSR count). The van der Waals surface area contributed by atoms with Crippen molar-refractivity contribution in [2.24, 2.45) is 0 Å². The van der Waals surface area contributed by atoms with Gasteiger partial charge < -0.3 is 18.8 Å². The molecule has 3 heterocycles. The van der Waals surface area contributed by atoms with Crippen LogP contribution in [0.1, 0.15) is 22.2 Å². The number of aromatic nitrogens is 2. The minimum absolute atomic E-state index is 0.0685. The number of hydrogen-bond acceptors (Lipinski definition) is 7. The summed E-state index contributed by atoms with van der Waals surface area (Å²) in [5.41, 5.74) is 1.86. The maximum atomic E-state index is 12.6. The van der Waals surface area contributed by atoms with Crippen LogP contribution in [0.2, 0.25) is 0 Å². The van der Waals surface area contributed by atoms with Crippen molar-refractivity contribution in [2.75, 3.05) is 21.3 Å². The van der Waals surface area contributed by atoms with Crippen molar-refractivity contribution in [3.63, 3.8) is 0 Å². The molecule has 0 saturated carbocycles. The Kier molecular flexibility index (Phi) is 4.11. The Balaban J connectivity index is 2.16. The van der Waals surface area contributed by atoms with E-state index in [-0.39, 0.29) is 11.3 Å². The summed E-state index contributed by atoms with van der Waals surface area (Å²) in [6.45, 7) is 0. The van der Waals surface area contributed by atoms with Crippen LogP contribution in [0.3, 0.4) is 0 Å². The van der Waals surface area contributed by atoms with E-state index in [2.05, 4.69) is 4.98 Å². The van der Waals surface area contributed by atoms with E-state index in [1.807, 2.05) is 24.3 Å². The van der Waals surface area contributed by atoms with Crippen LogP contribution in [0.4, 0.5) is 0 Å². The fraction of sp³-hybridized carbons (Fsp3) is 0.200. The third kappa shape index (κ3) is 2.38. The summed E-state index contributed by atoms with van der Waals surface area (Å²) in [7, 11) is 3.76. The van der Waals surface area contributed by atoms with E-state index in [0.717, 1.165) is 10.8 Å². The number of ether oxygens (including phenoxy) is 3. The number of para-hydroxylation sites is 1. The van der Waals surface area contributed by atoms with E-state index in [4.69, 9.17) is 14.2 Å². The van der Waals surface area contributed by atoms with Crippen molar-refractivity contribution >= 4 is 45.8 Å². The van der Waals surface area contributed by atoms with Crippen LogP contribution in [0, 0.1) is 0 Å². The molecule has 1 atom stereocenters. The highest BCUT2D eigenvalue weighted by Crippen LogP contribution is 2.40. The van der Waals surface area contributed by atoms with Gasteiger partial charge in [-0.25, -0.2) is 19.4 Å². The minimum atomic E-state index is -1.03. The standard InChI is InChI=1S/C20H16N2O6/c1-26-18(23)12-9-13-16-11(8-14(21-13)19(24)27-2)10-6-4-5-7-15(10)22(16)17(12)20(25)28-3/h4-9,17H,1-3H3. The summed E-state index contributed by atoms with van der Waals surface area (Å²) in [6.07, 6.45) is 1.46. The Hall–Kier alpha value is -3.68. The Bertz CT molecular complexity index is 1190. The zero-order chi connectivity index (χ0) is 20.0. The molecule has 0 saturated heterocycles. The molecule has 1 aromatic carbocycles. The molecule has 0 amide bonds. The fourth-order valence-corrected chi connectivity index (χ4v) is 3.62. The molecule has 142 valence electrons. The molecule has 8 nitrogen and oxygen atoms in total. The molecule has 3 aromatic rings. The highest BCUT2D eigenvalue weighted by Gasteiger charge is 2.37. The molecule has 0 bridgehead atoms. The molecule has 1 unspecified atom stereocenters. The topological polar surface area (TPSA) is 96.7 Å². The zero-order valence-electron chi connectivity index (χ0n) is 15.4. The Morgan fingerprint density at radius 2 is 1.68 bits per heavy atom. The summed E-state index contributed by atoms with van der Waals surface area (Å²) in [5, 5.41) is 1.52. The number of fused-ring (bicyclic) bond motifs is 3. The van der Waals surface area contributed by atoms with Crippen molar-refractivity contribution in [2.45, 2.75) is 6.04 Å². The van der Waals surface area contributed by atoms with Crippen LogP contribution in [0.25, 0.3) is 27.9 Å². The van der Waals surface area contributed by atoms with Gasteiger partial charge in [-0.2, -0.15) is 0 Å². The van der Waals surface area contributed by atoms with E-state index in [0.29, 0.717) is 16.7 Å². The van der Waals surface area contributed by atoms with Gasteiger partial charge in [0.25, 0.3) is 0 Å². The maximum Gasteiger partial charge on any atom is 0.356 e. The number of methoxy groups -OCH3 is 3. The van der Waals surface area contributed by atoms with Gasteiger partial charge in [-0.3, -0.25) is 0 Å². The highest BCUT2D eigenvalue weighted by atomic mass is 16.5. The van der Waals surface area contributed by atoms with Crippen LogP contribution in [0.15, 0.2) is 35.9 Å². The number of rotatable bonds is 3. The lowest BCUT2D eigenvalue weighted by atomic mass is 10.0. The number of benzene rings is 1. The van der Waals surface area contributed by atoms with Crippen molar-refractivity contribution < 1.29 is 28.6 Å². The van der Waals surface area contributed by atoms with Gasteiger partial charge in [-0.05, 0) is 18.2 Å². The fourth-order valence-electron chi connectivity index (χ4n) is 3.62. The monoisotopic (exact) mass is 380 g/mol. The second-order valence-electron chi connectivity index (χ2n) is 6.18. The SMILES string of the molecule is COC(=O)C1=Cc2nc(C(=O)OC)cc3c4ccccc4n(c23)C1C(=O)OC. The van der Waals surface area contributed by atoms with Gasteiger partial charge in [0.1, 0.15) is 5.69 Å². The molecule has 1 aliphatic heterocycles. The second kappa shape index (κ2) is 6.49. The van der Waals surface area contributed by atoms with Crippen LogP contribution in [-0.4, -0.2) is 48.8 Å². The molecule has 2 aromatic heterocycles. The van der Waals surface area contributed by atoms with Crippen molar-refractivity contribution in [1.29, 1.82) is 0 Å². The molecule has 0 fully saturated rings. The van der Waals surface area contributed by atoms with Gasteiger partial charge in [0.05, 0.1) is 43.6 Å². The highest BCUT2D eigenvalue weighted by molar-refractivity contribution is 6.15. The summed E-state index contributed by atoms with van der Waals surface area (Å²) >= 11 is 0. The first-order valence-corrected chi connectivity index (χ1v) is 8.41. The molecular weight excluding hydrogens is 364 g/mol. The normalized spacial score (nSPS) is 15.2. The average Bonchev–Trinajstić information content (AvgIpc) is 3.07. The van der Waals surface area contributed by atoms with Gasteiger partial charge in [0, 0.05) is 10.8 Å². The number of nitrogens with zero attached hydrogens (tertiary/aromatic N) is 2. The van der Waals surface area contributed by atoms with Gasteiger partial charge in [0.2, 0.25) is 0 Å². The Morgan fingerprint density at radius 3 is 2.36 bits per heavy atom. The predicted octanol–water partition coefficient (Wildman–Crippen LogP) is 2.26. The van der Waals surface area contributed by atoms with Gasteiger partial charge in [0.15, 0.2) is 6.04 Å². The van der Waals surface area contributed by atoms with Crippen LogP contribution >= 0.6 is 0 Å². The number of carbonyl (C=O) groups is 3. The van der Waals surface area contributed by atoms with Crippen LogP contribution in [-0.2, 0) is 23.8 Å². The lowest BCUT2D eigenvalue weighted by Gasteiger charge is -2.24. The van der Waals surface area contributed by atoms with E-state index in [9.17, 15) is 14.4 Å². The first-order chi connectivity index (χ1) is 13.5. The summed E-state index contributed by atoms with van der Waals surface area (Å²) in [4.78, 5) is 41.5. The Morgan fingerprint density at radius 1 is 0.964 bits per heavy atom. The largest absolute Gasteiger partial charge is 0.467 e. The van der Waals surface area contributed by atoms with E-state index < -0.39 is 23.9 Å². The molecule has 28 heavy (non-hydrogen) atoms. The predicted molar refractivity (Wildman–Crippen MR) is 99.6 cm³/mol. The van der Waals surface area contributed by atoms with Gasteiger partial charge in [-0.1, -0.05) is 18.2 Å². The van der Waals surface area contributed by atoms with Crippen LogP contribution < -0.4 is 0 Å². The lowest BCUT2D eigenvalue weighted by molar-refractivity contribution is -0.146. The molecule has 1 aliphatic rings. The smallest absolute Gasteiger partial charge is 0.356 e. The number of pyridine rings is 1. The van der Waals surface area contributed by atoms with Crippen LogP contribution in [0.5, 0.6) is 0 Å². The first-order valence-electron chi connectivity index (χ1n) is 8.41.